The normalized spacial score (nSPS) is 10.6. The van der Waals surface area contributed by atoms with Crippen LogP contribution in [-0.2, 0) is 6.54 Å². The summed E-state index contributed by atoms with van der Waals surface area (Å²) in [7, 11) is 0. The second-order valence-corrected chi connectivity index (χ2v) is 4.27. The summed E-state index contributed by atoms with van der Waals surface area (Å²) >= 11 is 0. The maximum absolute atomic E-state index is 13.1. The highest BCUT2D eigenvalue weighted by molar-refractivity contribution is 5.63. The predicted molar refractivity (Wildman–Crippen MR) is 71.6 cm³/mol. The Kier molecular flexibility index (Phi) is 4.42. The zero-order valence-corrected chi connectivity index (χ0v) is 10.5. The van der Waals surface area contributed by atoms with Crippen molar-refractivity contribution in [1.29, 1.82) is 0 Å². The molecule has 0 aliphatic heterocycles. The largest absolute Gasteiger partial charge is 0.313 e. The predicted octanol–water partition coefficient (Wildman–Crippen LogP) is 3.39. The van der Waals surface area contributed by atoms with E-state index < -0.39 is 0 Å². The van der Waals surface area contributed by atoms with Gasteiger partial charge < -0.3 is 5.32 Å². The SMILES string of the molecule is CCCNCc1cccc(-c2cncc(F)c2)c1. The molecular weight excluding hydrogens is 227 g/mol. The molecule has 1 N–H and O–H groups in total. The molecule has 0 radical (unpaired) electrons. The number of hydrogen-bond acceptors (Lipinski definition) is 2. The monoisotopic (exact) mass is 244 g/mol. The maximum Gasteiger partial charge on any atom is 0.142 e. The Bertz CT molecular complexity index is 511. The topological polar surface area (TPSA) is 24.9 Å². The first kappa shape index (κ1) is 12.7. The average molecular weight is 244 g/mol. The van der Waals surface area contributed by atoms with E-state index in [4.69, 9.17) is 0 Å². The lowest BCUT2D eigenvalue weighted by Gasteiger charge is -2.06. The molecule has 0 aliphatic rings. The molecule has 0 bridgehead atoms. The number of nitrogens with zero attached hydrogens (tertiary/aromatic N) is 1. The van der Waals surface area contributed by atoms with Gasteiger partial charge in [0.15, 0.2) is 0 Å². The smallest absolute Gasteiger partial charge is 0.142 e. The van der Waals surface area contributed by atoms with E-state index in [1.54, 1.807) is 6.20 Å². The first-order valence-electron chi connectivity index (χ1n) is 6.20. The quantitative estimate of drug-likeness (QED) is 0.815. The van der Waals surface area contributed by atoms with Crippen LogP contribution in [0, 0.1) is 5.82 Å². The van der Waals surface area contributed by atoms with Crippen molar-refractivity contribution in [2.45, 2.75) is 19.9 Å². The van der Waals surface area contributed by atoms with Crippen molar-refractivity contribution in [3.63, 3.8) is 0 Å². The molecule has 0 saturated carbocycles. The van der Waals surface area contributed by atoms with Gasteiger partial charge in [0.1, 0.15) is 5.82 Å². The summed E-state index contributed by atoms with van der Waals surface area (Å²) in [4.78, 5) is 3.88. The summed E-state index contributed by atoms with van der Waals surface area (Å²) in [6.45, 7) is 3.98. The van der Waals surface area contributed by atoms with Crippen LogP contribution in [0.1, 0.15) is 18.9 Å². The Labute approximate surface area is 107 Å². The van der Waals surface area contributed by atoms with E-state index >= 15 is 0 Å². The van der Waals surface area contributed by atoms with E-state index in [-0.39, 0.29) is 5.82 Å². The van der Waals surface area contributed by atoms with Gasteiger partial charge in [-0.3, -0.25) is 4.98 Å². The first-order valence-corrected chi connectivity index (χ1v) is 6.20. The summed E-state index contributed by atoms with van der Waals surface area (Å²) in [6.07, 6.45) is 4.02. The minimum Gasteiger partial charge on any atom is -0.313 e. The van der Waals surface area contributed by atoms with Gasteiger partial charge >= 0.3 is 0 Å². The minimum absolute atomic E-state index is 0.304. The van der Waals surface area contributed by atoms with Gasteiger partial charge in [-0.05, 0) is 36.2 Å². The van der Waals surface area contributed by atoms with Gasteiger partial charge in [-0.2, -0.15) is 0 Å². The lowest BCUT2D eigenvalue weighted by atomic mass is 10.0. The van der Waals surface area contributed by atoms with Gasteiger partial charge in [0.2, 0.25) is 0 Å². The molecule has 0 spiro atoms. The molecule has 3 heteroatoms. The highest BCUT2D eigenvalue weighted by Gasteiger charge is 2.01. The summed E-state index contributed by atoms with van der Waals surface area (Å²) in [5.41, 5.74) is 3.01. The van der Waals surface area contributed by atoms with Crippen molar-refractivity contribution >= 4 is 0 Å². The van der Waals surface area contributed by atoms with Crippen LogP contribution in [0.25, 0.3) is 11.1 Å². The van der Waals surface area contributed by atoms with E-state index in [9.17, 15) is 4.39 Å². The third-order valence-electron chi connectivity index (χ3n) is 2.72. The molecule has 94 valence electrons. The van der Waals surface area contributed by atoms with Gasteiger partial charge in [-0.25, -0.2) is 4.39 Å². The van der Waals surface area contributed by atoms with Crippen LogP contribution in [0.4, 0.5) is 4.39 Å². The lowest BCUT2D eigenvalue weighted by Crippen LogP contribution is -2.13. The Morgan fingerprint density at radius 3 is 2.83 bits per heavy atom. The minimum atomic E-state index is -0.304. The van der Waals surface area contributed by atoms with Gasteiger partial charge in [0.05, 0.1) is 6.20 Å². The van der Waals surface area contributed by atoms with Crippen molar-refractivity contribution in [3.05, 3.63) is 54.1 Å². The molecule has 0 amide bonds. The molecule has 2 nitrogen and oxygen atoms in total. The zero-order chi connectivity index (χ0) is 12.8. The van der Waals surface area contributed by atoms with E-state index in [1.807, 2.05) is 12.1 Å². The number of pyridine rings is 1. The molecule has 1 heterocycles. The Hall–Kier alpha value is -1.74. The fourth-order valence-electron chi connectivity index (χ4n) is 1.84. The summed E-state index contributed by atoms with van der Waals surface area (Å²) < 4.78 is 13.1. The summed E-state index contributed by atoms with van der Waals surface area (Å²) in [5.74, 6) is -0.304. The van der Waals surface area contributed by atoms with Crippen LogP contribution >= 0.6 is 0 Å². The Morgan fingerprint density at radius 2 is 2.06 bits per heavy atom. The standard InChI is InChI=1S/C15H17FN2/c1-2-6-17-9-12-4-3-5-13(7-12)14-8-15(16)11-18-10-14/h3-5,7-8,10-11,17H,2,6,9H2,1H3. The van der Waals surface area contributed by atoms with Gasteiger partial charge in [-0.1, -0.05) is 25.1 Å². The third-order valence-corrected chi connectivity index (χ3v) is 2.72. The van der Waals surface area contributed by atoms with Crippen LogP contribution < -0.4 is 5.32 Å². The van der Waals surface area contributed by atoms with Gasteiger partial charge in [-0.15, -0.1) is 0 Å². The lowest BCUT2D eigenvalue weighted by molar-refractivity contribution is 0.622. The second kappa shape index (κ2) is 6.26. The van der Waals surface area contributed by atoms with Crippen molar-refractivity contribution < 1.29 is 4.39 Å². The first-order chi connectivity index (χ1) is 8.79. The van der Waals surface area contributed by atoms with Crippen LogP contribution in [0.2, 0.25) is 0 Å². The molecular formula is C15H17FN2. The molecule has 0 saturated heterocycles. The van der Waals surface area contributed by atoms with E-state index in [0.29, 0.717) is 0 Å². The zero-order valence-electron chi connectivity index (χ0n) is 10.5. The Balaban J connectivity index is 2.16. The number of rotatable bonds is 5. The number of nitrogens with one attached hydrogen (secondary N) is 1. The molecule has 0 unspecified atom stereocenters. The van der Waals surface area contributed by atoms with Crippen molar-refractivity contribution in [2.75, 3.05) is 6.54 Å². The average Bonchev–Trinajstić information content (AvgIpc) is 2.39. The molecule has 0 atom stereocenters. The van der Waals surface area contributed by atoms with Crippen molar-refractivity contribution in [2.24, 2.45) is 0 Å². The highest BCUT2D eigenvalue weighted by atomic mass is 19.1. The van der Waals surface area contributed by atoms with E-state index in [0.717, 1.165) is 30.6 Å². The summed E-state index contributed by atoms with van der Waals surface area (Å²) in [6, 6.07) is 9.60. The van der Waals surface area contributed by atoms with E-state index in [1.165, 1.54) is 17.8 Å². The second-order valence-electron chi connectivity index (χ2n) is 4.27. The number of halogens is 1. The number of aromatic nitrogens is 1. The maximum atomic E-state index is 13.1. The van der Waals surface area contributed by atoms with Crippen LogP contribution in [-0.4, -0.2) is 11.5 Å². The molecule has 2 aromatic rings. The van der Waals surface area contributed by atoms with Crippen LogP contribution in [0.3, 0.4) is 0 Å². The number of benzene rings is 1. The molecule has 0 aliphatic carbocycles. The fraction of sp³-hybridized carbons (Fsp3) is 0.267. The molecule has 1 aromatic heterocycles. The summed E-state index contributed by atoms with van der Waals surface area (Å²) in [5, 5.41) is 3.35. The third kappa shape index (κ3) is 3.37. The highest BCUT2D eigenvalue weighted by Crippen LogP contribution is 2.20. The van der Waals surface area contributed by atoms with Crippen LogP contribution in [0.5, 0.6) is 0 Å². The molecule has 1 aromatic carbocycles. The fourth-order valence-corrected chi connectivity index (χ4v) is 1.84. The molecule has 18 heavy (non-hydrogen) atoms. The number of hydrogen-bond donors (Lipinski definition) is 1. The van der Waals surface area contributed by atoms with E-state index in [2.05, 4.69) is 29.4 Å². The Morgan fingerprint density at radius 1 is 1.17 bits per heavy atom. The van der Waals surface area contributed by atoms with Crippen molar-refractivity contribution in [1.82, 2.24) is 10.3 Å². The van der Waals surface area contributed by atoms with Gasteiger partial charge in [0.25, 0.3) is 0 Å². The van der Waals surface area contributed by atoms with Crippen LogP contribution in [0.15, 0.2) is 42.7 Å². The van der Waals surface area contributed by atoms with Crippen molar-refractivity contribution in [3.8, 4) is 11.1 Å². The molecule has 2 rings (SSSR count). The molecule has 0 fully saturated rings. The van der Waals surface area contributed by atoms with Gasteiger partial charge in [0, 0.05) is 18.3 Å².